The number of piperidine rings is 1. The summed E-state index contributed by atoms with van der Waals surface area (Å²) in [6.07, 6.45) is 5.61. The number of amides is 1. The fourth-order valence-corrected chi connectivity index (χ4v) is 3.40. The van der Waals surface area contributed by atoms with Crippen molar-refractivity contribution in [2.24, 2.45) is 11.8 Å². The van der Waals surface area contributed by atoms with Crippen LogP contribution in [-0.4, -0.2) is 49.6 Å². The van der Waals surface area contributed by atoms with Gasteiger partial charge in [0.05, 0.1) is 0 Å². The van der Waals surface area contributed by atoms with Crippen molar-refractivity contribution in [3.05, 3.63) is 0 Å². The summed E-state index contributed by atoms with van der Waals surface area (Å²) in [6, 6.07) is 0.467. The van der Waals surface area contributed by atoms with Gasteiger partial charge in [-0.2, -0.15) is 0 Å². The molecule has 3 unspecified atom stereocenters. The maximum Gasteiger partial charge on any atom is 0.220 e. The van der Waals surface area contributed by atoms with Crippen LogP contribution in [-0.2, 0) is 4.79 Å². The topological polar surface area (TPSA) is 44.4 Å². The van der Waals surface area contributed by atoms with Crippen molar-refractivity contribution in [2.45, 2.75) is 52.0 Å². The summed E-state index contributed by atoms with van der Waals surface area (Å²) in [4.78, 5) is 14.4. The average Bonchev–Trinajstić information content (AvgIpc) is 2.95. The summed E-state index contributed by atoms with van der Waals surface area (Å²) < 4.78 is 0. The zero-order chi connectivity index (χ0) is 14.4. The lowest BCUT2D eigenvalue weighted by molar-refractivity contribution is -0.121. The molecular formula is C16H31N3O. The summed E-state index contributed by atoms with van der Waals surface area (Å²) in [5.41, 5.74) is 0. The second kappa shape index (κ2) is 7.99. The lowest BCUT2D eigenvalue weighted by atomic mass is 9.99. The molecule has 4 nitrogen and oxygen atoms in total. The number of hydrogen-bond acceptors (Lipinski definition) is 3. The number of hydrogen-bond donors (Lipinski definition) is 2. The number of carbonyl (C=O) groups excluding carboxylic acids is 1. The van der Waals surface area contributed by atoms with Crippen molar-refractivity contribution in [2.75, 3.05) is 32.7 Å². The molecule has 3 atom stereocenters. The Labute approximate surface area is 123 Å². The molecule has 2 N–H and O–H groups in total. The van der Waals surface area contributed by atoms with Crippen molar-refractivity contribution in [3.63, 3.8) is 0 Å². The highest BCUT2D eigenvalue weighted by Gasteiger charge is 2.21. The van der Waals surface area contributed by atoms with E-state index < -0.39 is 0 Å². The molecule has 2 aliphatic rings. The molecule has 0 aromatic rings. The second-order valence-corrected chi connectivity index (χ2v) is 6.79. The highest BCUT2D eigenvalue weighted by Crippen LogP contribution is 2.17. The van der Waals surface area contributed by atoms with Crippen molar-refractivity contribution in [1.82, 2.24) is 15.5 Å². The van der Waals surface area contributed by atoms with Gasteiger partial charge in [-0.05, 0) is 64.1 Å². The number of nitrogens with zero attached hydrogens (tertiary/aromatic N) is 1. The summed E-state index contributed by atoms with van der Waals surface area (Å²) >= 11 is 0. The van der Waals surface area contributed by atoms with E-state index in [0.717, 1.165) is 32.0 Å². The fraction of sp³-hybridized carbons (Fsp3) is 0.938. The van der Waals surface area contributed by atoms with Crippen LogP contribution >= 0.6 is 0 Å². The summed E-state index contributed by atoms with van der Waals surface area (Å²) in [5, 5.41) is 6.47. The van der Waals surface area contributed by atoms with E-state index in [1.807, 2.05) is 0 Å². The van der Waals surface area contributed by atoms with E-state index in [9.17, 15) is 4.79 Å². The van der Waals surface area contributed by atoms with Gasteiger partial charge in [0.1, 0.15) is 0 Å². The first-order chi connectivity index (χ1) is 9.65. The van der Waals surface area contributed by atoms with Crippen LogP contribution < -0.4 is 10.6 Å². The largest absolute Gasteiger partial charge is 0.355 e. The lowest BCUT2D eigenvalue weighted by Crippen LogP contribution is -2.46. The number of carbonyl (C=O) groups is 1. The predicted octanol–water partition coefficient (Wildman–Crippen LogP) is 1.61. The summed E-state index contributed by atoms with van der Waals surface area (Å²) in [5.74, 6) is 1.74. The van der Waals surface area contributed by atoms with E-state index in [4.69, 9.17) is 0 Å². The molecule has 0 spiro atoms. The van der Waals surface area contributed by atoms with Crippen LogP contribution in [0.15, 0.2) is 0 Å². The summed E-state index contributed by atoms with van der Waals surface area (Å²) in [6.45, 7) is 9.95. The molecule has 0 radical (unpaired) electrons. The number of likely N-dealkylation sites (tertiary alicyclic amines) is 1. The third kappa shape index (κ3) is 5.06. The van der Waals surface area contributed by atoms with Gasteiger partial charge in [-0.25, -0.2) is 0 Å². The molecule has 2 fully saturated rings. The van der Waals surface area contributed by atoms with Crippen LogP contribution in [0.5, 0.6) is 0 Å². The van der Waals surface area contributed by atoms with Crippen molar-refractivity contribution in [1.29, 1.82) is 0 Å². The molecule has 0 bridgehead atoms. The summed E-state index contributed by atoms with van der Waals surface area (Å²) in [7, 11) is 0. The minimum Gasteiger partial charge on any atom is -0.355 e. The molecule has 0 aromatic carbocycles. The van der Waals surface area contributed by atoms with Crippen LogP contribution in [0.4, 0.5) is 0 Å². The monoisotopic (exact) mass is 281 g/mol. The molecule has 0 saturated carbocycles. The fourth-order valence-electron chi connectivity index (χ4n) is 3.40. The number of rotatable bonds is 6. The average molecular weight is 281 g/mol. The molecule has 116 valence electrons. The normalized spacial score (nSPS) is 29.3. The van der Waals surface area contributed by atoms with E-state index >= 15 is 0 Å². The van der Waals surface area contributed by atoms with E-state index in [1.54, 1.807) is 0 Å². The van der Waals surface area contributed by atoms with Gasteiger partial charge in [-0.3, -0.25) is 9.69 Å². The second-order valence-electron chi connectivity index (χ2n) is 6.79. The molecule has 4 heteroatoms. The van der Waals surface area contributed by atoms with Crippen LogP contribution in [0.1, 0.15) is 46.0 Å². The van der Waals surface area contributed by atoms with Crippen molar-refractivity contribution >= 4 is 5.91 Å². The third-order valence-electron chi connectivity index (χ3n) is 4.85. The van der Waals surface area contributed by atoms with Gasteiger partial charge in [-0.15, -0.1) is 0 Å². The van der Waals surface area contributed by atoms with Gasteiger partial charge in [0.15, 0.2) is 0 Å². The molecule has 2 rings (SSSR count). The molecule has 1 amide bonds. The molecule has 2 saturated heterocycles. The first-order valence-corrected chi connectivity index (χ1v) is 8.36. The van der Waals surface area contributed by atoms with E-state index in [2.05, 4.69) is 29.4 Å². The van der Waals surface area contributed by atoms with Crippen LogP contribution in [0.2, 0.25) is 0 Å². The standard InChI is InChI=1S/C16H31N3O/c1-13-4-3-9-19(12-13)14(2)10-18-16(20)6-5-15-7-8-17-11-15/h13-15,17H,3-12H2,1-2H3,(H,18,20). The molecule has 0 aromatic heterocycles. The van der Waals surface area contributed by atoms with Crippen molar-refractivity contribution in [3.8, 4) is 0 Å². The first-order valence-electron chi connectivity index (χ1n) is 8.36. The molecule has 2 heterocycles. The van der Waals surface area contributed by atoms with Gasteiger partial charge in [0.2, 0.25) is 5.91 Å². The van der Waals surface area contributed by atoms with Gasteiger partial charge in [-0.1, -0.05) is 6.92 Å². The Morgan fingerprint density at radius 3 is 3.00 bits per heavy atom. The maximum absolute atomic E-state index is 11.9. The zero-order valence-electron chi connectivity index (χ0n) is 13.2. The number of nitrogens with one attached hydrogen (secondary N) is 2. The Morgan fingerprint density at radius 1 is 1.45 bits per heavy atom. The van der Waals surface area contributed by atoms with Gasteiger partial charge in [0.25, 0.3) is 0 Å². The lowest BCUT2D eigenvalue weighted by Gasteiger charge is -2.35. The van der Waals surface area contributed by atoms with E-state index in [1.165, 1.54) is 32.4 Å². The molecule has 20 heavy (non-hydrogen) atoms. The zero-order valence-corrected chi connectivity index (χ0v) is 13.2. The van der Waals surface area contributed by atoms with Crippen LogP contribution in [0.3, 0.4) is 0 Å². The highest BCUT2D eigenvalue weighted by atomic mass is 16.1. The van der Waals surface area contributed by atoms with Crippen LogP contribution in [0, 0.1) is 11.8 Å². The SMILES string of the molecule is CC1CCCN(C(C)CNC(=O)CCC2CCNC2)C1. The minimum absolute atomic E-state index is 0.230. The molecule has 2 aliphatic heterocycles. The Morgan fingerprint density at radius 2 is 2.30 bits per heavy atom. The Hall–Kier alpha value is -0.610. The maximum atomic E-state index is 11.9. The minimum atomic E-state index is 0.230. The van der Waals surface area contributed by atoms with Gasteiger partial charge < -0.3 is 10.6 Å². The van der Waals surface area contributed by atoms with Crippen LogP contribution in [0.25, 0.3) is 0 Å². The Bertz CT molecular complexity index is 302. The van der Waals surface area contributed by atoms with Gasteiger partial charge >= 0.3 is 0 Å². The van der Waals surface area contributed by atoms with Crippen molar-refractivity contribution < 1.29 is 4.79 Å². The van der Waals surface area contributed by atoms with E-state index in [0.29, 0.717) is 18.4 Å². The first kappa shape index (κ1) is 15.8. The molecular weight excluding hydrogens is 250 g/mol. The highest BCUT2D eigenvalue weighted by molar-refractivity contribution is 5.75. The predicted molar refractivity (Wildman–Crippen MR) is 82.7 cm³/mol. The molecule has 0 aliphatic carbocycles. The Balaban J connectivity index is 1.59. The van der Waals surface area contributed by atoms with Gasteiger partial charge in [0, 0.05) is 25.6 Å². The quantitative estimate of drug-likeness (QED) is 0.777. The Kier molecular flexibility index (Phi) is 6.30. The smallest absolute Gasteiger partial charge is 0.220 e. The third-order valence-corrected chi connectivity index (χ3v) is 4.85. The van der Waals surface area contributed by atoms with E-state index in [-0.39, 0.29) is 5.91 Å².